The van der Waals surface area contributed by atoms with Gasteiger partial charge in [-0.25, -0.2) is 0 Å². The molecule has 0 spiro atoms. The molecule has 2 N–H and O–H groups in total. The van der Waals surface area contributed by atoms with Crippen LogP contribution in [0.5, 0.6) is 0 Å². The molecule has 0 rings (SSSR count). The summed E-state index contributed by atoms with van der Waals surface area (Å²) in [7, 11) is 0. The van der Waals surface area contributed by atoms with E-state index in [-0.39, 0.29) is 34.6 Å². The van der Waals surface area contributed by atoms with Crippen LogP contribution in [0, 0.1) is 0 Å². The van der Waals surface area contributed by atoms with Crippen molar-refractivity contribution in [3.63, 3.8) is 0 Å². The summed E-state index contributed by atoms with van der Waals surface area (Å²) in [6.07, 6.45) is 5.91. The monoisotopic (exact) mass is 486 g/mol. The SMILES string of the molecule is CCCC(=O)OCC(=O)[O-].CCCC(=O)OCC(=O)[O-].CCCCO.CCCCO.[Ti+2]. The molecule has 182 valence electrons. The Kier molecular flexibility index (Phi) is 46.3. The van der Waals surface area contributed by atoms with Crippen molar-refractivity contribution in [1.29, 1.82) is 0 Å². The Bertz CT molecular complexity index is 375. The minimum absolute atomic E-state index is 0. The van der Waals surface area contributed by atoms with Crippen molar-refractivity contribution in [2.24, 2.45) is 0 Å². The molecule has 10 nitrogen and oxygen atoms in total. The number of esters is 2. The van der Waals surface area contributed by atoms with Gasteiger partial charge in [0, 0.05) is 26.1 Å². The third-order valence-electron chi connectivity index (χ3n) is 2.63. The van der Waals surface area contributed by atoms with E-state index >= 15 is 0 Å². The zero-order valence-corrected chi connectivity index (χ0v) is 20.7. The maximum Gasteiger partial charge on any atom is 2.00 e. The van der Waals surface area contributed by atoms with Gasteiger partial charge in [-0.05, 0) is 25.7 Å². The zero-order valence-electron chi connectivity index (χ0n) is 19.1. The summed E-state index contributed by atoms with van der Waals surface area (Å²) >= 11 is 0. The summed E-state index contributed by atoms with van der Waals surface area (Å²) < 4.78 is 8.49. The second-order valence-corrected chi connectivity index (χ2v) is 5.72. The van der Waals surface area contributed by atoms with Crippen LogP contribution < -0.4 is 10.2 Å². The molecule has 0 aliphatic carbocycles. The number of hydrogen-bond acceptors (Lipinski definition) is 10. The van der Waals surface area contributed by atoms with Crippen molar-refractivity contribution in [3.8, 4) is 0 Å². The molecule has 0 aromatic heterocycles. The first-order valence-corrected chi connectivity index (χ1v) is 10.1. The molecule has 0 aliphatic rings. The minimum Gasteiger partial charge on any atom is -0.546 e. The van der Waals surface area contributed by atoms with E-state index in [1.54, 1.807) is 13.8 Å². The molecular weight excluding hydrogens is 448 g/mol. The summed E-state index contributed by atoms with van der Waals surface area (Å²) in [4.78, 5) is 40.3. The molecule has 0 aromatic rings. The second-order valence-electron chi connectivity index (χ2n) is 5.72. The quantitative estimate of drug-likeness (QED) is 0.276. The van der Waals surface area contributed by atoms with Crippen molar-refractivity contribution in [2.75, 3.05) is 26.4 Å². The van der Waals surface area contributed by atoms with Gasteiger partial charge in [0.15, 0.2) is 0 Å². The molecule has 0 saturated heterocycles. The van der Waals surface area contributed by atoms with E-state index in [1.165, 1.54) is 0 Å². The van der Waals surface area contributed by atoms with Crippen LogP contribution in [0.15, 0.2) is 0 Å². The van der Waals surface area contributed by atoms with Crippen molar-refractivity contribution >= 4 is 23.9 Å². The number of carboxylic acid groups (broad SMARTS) is 2. The fraction of sp³-hybridized carbons (Fsp3) is 0.800. The van der Waals surface area contributed by atoms with Crippen molar-refractivity contribution in [3.05, 3.63) is 0 Å². The Morgan fingerprint density at radius 1 is 0.645 bits per heavy atom. The van der Waals surface area contributed by atoms with Gasteiger partial charge in [0.25, 0.3) is 0 Å². The fourth-order valence-corrected chi connectivity index (χ4v) is 1.15. The van der Waals surface area contributed by atoms with Crippen LogP contribution in [0.2, 0.25) is 0 Å². The smallest absolute Gasteiger partial charge is 0.546 e. The van der Waals surface area contributed by atoms with Gasteiger partial charge in [0.05, 0.1) is 11.9 Å². The molecule has 0 aromatic carbocycles. The third-order valence-corrected chi connectivity index (χ3v) is 2.63. The predicted molar refractivity (Wildman–Crippen MR) is 106 cm³/mol. The number of aliphatic hydroxyl groups is 2. The van der Waals surface area contributed by atoms with Crippen LogP contribution in [0.3, 0.4) is 0 Å². The summed E-state index contributed by atoms with van der Waals surface area (Å²) in [6, 6.07) is 0. The van der Waals surface area contributed by atoms with Gasteiger partial charge in [0.2, 0.25) is 0 Å². The average molecular weight is 486 g/mol. The predicted octanol–water partition coefficient (Wildman–Crippen LogP) is -0.286. The zero-order chi connectivity index (χ0) is 24.2. The van der Waals surface area contributed by atoms with E-state index in [2.05, 4.69) is 23.3 Å². The molecule has 0 heterocycles. The van der Waals surface area contributed by atoms with Gasteiger partial charge in [-0.2, -0.15) is 0 Å². The van der Waals surface area contributed by atoms with Crippen LogP contribution in [0.4, 0.5) is 0 Å². The molecule has 0 bridgehead atoms. The number of rotatable bonds is 12. The Morgan fingerprint density at radius 2 is 0.935 bits per heavy atom. The maximum atomic E-state index is 10.4. The topological polar surface area (TPSA) is 173 Å². The van der Waals surface area contributed by atoms with Crippen molar-refractivity contribution in [2.45, 2.75) is 79.1 Å². The Balaban J connectivity index is -0.000000101. The van der Waals surface area contributed by atoms with E-state index in [4.69, 9.17) is 10.2 Å². The van der Waals surface area contributed by atoms with Gasteiger partial charge in [-0.15, -0.1) is 0 Å². The fourth-order valence-electron chi connectivity index (χ4n) is 1.15. The van der Waals surface area contributed by atoms with Crippen molar-refractivity contribution < 1.29 is 70.8 Å². The minimum atomic E-state index is -1.37. The third kappa shape index (κ3) is 58.5. The molecule has 0 fully saturated rings. The molecule has 0 unspecified atom stereocenters. The number of ether oxygens (including phenoxy) is 2. The van der Waals surface area contributed by atoms with Crippen LogP contribution >= 0.6 is 0 Å². The summed E-state index contributed by atoms with van der Waals surface area (Å²) in [6.45, 7) is 7.12. The molecule has 0 atom stereocenters. The molecule has 0 aliphatic heterocycles. The Labute approximate surface area is 200 Å². The van der Waals surface area contributed by atoms with Gasteiger partial charge in [0.1, 0.15) is 13.2 Å². The number of aliphatic hydroxyl groups excluding tert-OH is 2. The van der Waals surface area contributed by atoms with Crippen LogP contribution in [-0.2, 0) is 50.4 Å². The van der Waals surface area contributed by atoms with Crippen LogP contribution in [-0.4, -0.2) is 60.5 Å². The average Bonchev–Trinajstić information content (AvgIpc) is 2.68. The van der Waals surface area contributed by atoms with Gasteiger partial charge >= 0.3 is 33.7 Å². The molecule has 0 saturated carbocycles. The van der Waals surface area contributed by atoms with Gasteiger partial charge < -0.3 is 39.5 Å². The normalized spacial score (nSPS) is 8.45. The molecule has 0 amide bonds. The molecular formula is C20H38O10Ti. The van der Waals surface area contributed by atoms with E-state index in [1.807, 2.05) is 0 Å². The molecule has 0 radical (unpaired) electrons. The first-order chi connectivity index (χ1) is 14.2. The second kappa shape index (κ2) is 35.9. The van der Waals surface area contributed by atoms with Gasteiger partial charge in [-0.1, -0.05) is 40.5 Å². The largest absolute Gasteiger partial charge is 2.00 e. The molecule has 31 heavy (non-hydrogen) atoms. The number of aliphatic carboxylic acids is 2. The van der Waals surface area contributed by atoms with Crippen LogP contribution in [0.25, 0.3) is 0 Å². The molecule has 11 heteroatoms. The Morgan fingerprint density at radius 3 is 1.06 bits per heavy atom. The van der Waals surface area contributed by atoms with E-state index < -0.39 is 37.1 Å². The number of carboxylic acids is 2. The van der Waals surface area contributed by atoms with Crippen molar-refractivity contribution in [1.82, 2.24) is 0 Å². The standard InChI is InChI=1S/2C6H10O4.2C4H10O.Ti/c2*1-2-3-6(9)10-4-5(7)8;2*1-2-3-4-5;/h2*2-4H2,1H3,(H,7,8);2*5H,2-4H2,1H3;/q;;;;+2/p-2. The first kappa shape index (κ1) is 39.9. The van der Waals surface area contributed by atoms with E-state index in [0.29, 0.717) is 26.1 Å². The number of hydrogen-bond donors (Lipinski definition) is 2. The maximum absolute atomic E-state index is 10.4. The summed E-state index contributed by atoms with van der Waals surface area (Å²) in [5.41, 5.74) is 0. The number of carbonyl (C=O) groups is 4. The summed E-state index contributed by atoms with van der Waals surface area (Å²) in [5, 5.41) is 35.6. The Hall–Kier alpha value is -1.49. The first-order valence-electron chi connectivity index (χ1n) is 10.1. The van der Waals surface area contributed by atoms with E-state index in [0.717, 1.165) is 25.7 Å². The van der Waals surface area contributed by atoms with E-state index in [9.17, 15) is 29.4 Å². The van der Waals surface area contributed by atoms with Gasteiger partial charge in [-0.3, -0.25) is 9.59 Å². The summed E-state index contributed by atoms with van der Waals surface area (Å²) in [5.74, 6) is -3.73. The number of unbranched alkanes of at least 4 members (excludes halogenated alkanes) is 2. The van der Waals surface area contributed by atoms with Crippen LogP contribution in [0.1, 0.15) is 79.1 Å². The number of carbonyl (C=O) groups excluding carboxylic acids is 4.